The minimum atomic E-state index is -2.48. The molecule has 6 heteroatoms. The van der Waals surface area contributed by atoms with Crippen LogP contribution in [0.2, 0.25) is 0 Å². The zero-order valence-corrected chi connectivity index (χ0v) is 18.6. The van der Waals surface area contributed by atoms with Crippen LogP contribution < -0.4 is 4.72 Å². The standard InChI is InChI=1S/C22H30NO3PS/c1-4-27(24,5-2)25-16-19-11-13-21(14-12-19)22(17-26-28-23-22)15-18(3)20-9-7-6-8-10-20/h6-14,18,23H,4-5,15-17H2,1-3H3. The second kappa shape index (κ2) is 9.60. The largest absolute Gasteiger partial charge is 0.324 e. The van der Waals surface area contributed by atoms with Crippen molar-refractivity contribution in [1.29, 1.82) is 0 Å². The van der Waals surface area contributed by atoms with E-state index in [4.69, 9.17) is 8.71 Å². The van der Waals surface area contributed by atoms with E-state index >= 15 is 0 Å². The Bertz CT molecular complexity index is 783. The maximum absolute atomic E-state index is 12.5. The van der Waals surface area contributed by atoms with Crippen molar-refractivity contribution < 1.29 is 13.3 Å². The van der Waals surface area contributed by atoms with Gasteiger partial charge in [-0.2, -0.15) is 0 Å². The van der Waals surface area contributed by atoms with E-state index in [1.54, 1.807) is 0 Å². The molecular formula is C22H30NO3PS. The van der Waals surface area contributed by atoms with Gasteiger partial charge in [-0.15, -0.1) is 0 Å². The lowest BCUT2D eigenvalue weighted by Crippen LogP contribution is -2.38. The molecule has 2 unspecified atom stereocenters. The summed E-state index contributed by atoms with van der Waals surface area (Å²) in [4.78, 5) is 0. The average Bonchev–Trinajstić information content (AvgIpc) is 3.22. The summed E-state index contributed by atoms with van der Waals surface area (Å²) >= 11 is 1.33. The summed E-state index contributed by atoms with van der Waals surface area (Å²) in [6, 6.07) is 19.0. The highest BCUT2D eigenvalue weighted by Gasteiger charge is 2.39. The molecule has 1 N–H and O–H groups in total. The predicted molar refractivity (Wildman–Crippen MR) is 118 cm³/mol. The highest BCUT2D eigenvalue weighted by atomic mass is 32.2. The topological polar surface area (TPSA) is 47.6 Å². The molecule has 152 valence electrons. The third-order valence-electron chi connectivity index (χ3n) is 5.56. The Kier molecular flexibility index (Phi) is 7.41. The summed E-state index contributed by atoms with van der Waals surface area (Å²) in [5.41, 5.74) is 3.36. The zero-order valence-electron chi connectivity index (χ0n) is 16.9. The number of hydrogen-bond acceptors (Lipinski definition) is 5. The van der Waals surface area contributed by atoms with Crippen LogP contribution in [-0.4, -0.2) is 18.9 Å². The Morgan fingerprint density at radius 1 is 1.14 bits per heavy atom. The molecule has 2 aromatic rings. The molecule has 2 atom stereocenters. The lowest BCUT2D eigenvalue weighted by atomic mass is 9.81. The number of rotatable bonds is 9. The summed E-state index contributed by atoms with van der Waals surface area (Å²) in [7, 11) is -2.48. The summed E-state index contributed by atoms with van der Waals surface area (Å²) < 4.78 is 27.3. The van der Waals surface area contributed by atoms with E-state index in [1.807, 2.05) is 13.8 Å². The van der Waals surface area contributed by atoms with Crippen LogP contribution in [0.4, 0.5) is 0 Å². The molecular weight excluding hydrogens is 389 g/mol. The van der Waals surface area contributed by atoms with Crippen LogP contribution in [0.1, 0.15) is 49.8 Å². The Hall–Kier alpha value is -1.10. The Labute approximate surface area is 173 Å². The number of nitrogens with one attached hydrogen (secondary N) is 1. The van der Waals surface area contributed by atoms with Crippen molar-refractivity contribution in [1.82, 2.24) is 4.72 Å². The van der Waals surface area contributed by atoms with E-state index < -0.39 is 7.37 Å². The van der Waals surface area contributed by atoms with Gasteiger partial charge in [-0.05, 0) is 29.0 Å². The van der Waals surface area contributed by atoms with Crippen molar-refractivity contribution in [3.63, 3.8) is 0 Å². The van der Waals surface area contributed by atoms with Crippen LogP contribution in [0.25, 0.3) is 0 Å². The third-order valence-corrected chi connectivity index (χ3v) is 8.80. The lowest BCUT2D eigenvalue weighted by molar-refractivity contribution is 0.256. The summed E-state index contributed by atoms with van der Waals surface area (Å²) in [5, 5.41) is 0. The molecule has 1 aliphatic rings. The van der Waals surface area contributed by atoms with Crippen LogP contribution in [0.5, 0.6) is 0 Å². The molecule has 2 aromatic carbocycles. The van der Waals surface area contributed by atoms with Gasteiger partial charge in [0.2, 0.25) is 7.37 Å². The predicted octanol–water partition coefficient (Wildman–Crippen LogP) is 6.09. The molecule has 0 bridgehead atoms. The molecule has 0 radical (unpaired) electrons. The molecule has 28 heavy (non-hydrogen) atoms. The van der Waals surface area contributed by atoms with Gasteiger partial charge in [0, 0.05) is 12.3 Å². The van der Waals surface area contributed by atoms with Gasteiger partial charge < -0.3 is 4.52 Å². The minimum Gasteiger partial charge on any atom is -0.324 e. The Morgan fingerprint density at radius 3 is 2.39 bits per heavy atom. The van der Waals surface area contributed by atoms with Gasteiger partial charge in [0.15, 0.2) is 0 Å². The molecule has 0 spiro atoms. The Balaban J connectivity index is 1.73. The van der Waals surface area contributed by atoms with Crippen LogP contribution in [-0.2, 0) is 25.4 Å². The second-order valence-electron chi connectivity index (χ2n) is 7.46. The molecule has 3 rings (SSSR count). The van der Waals surface area contributed by atoms with E-state index in [2.05, 4.69) is 66.2 Å². The molecule has 1 fully saturated rings. The van der Waals surface area contributed by atoms with Crippen molar-refractivity contribution in [2.75, 3.05) is 18.9 Å². The quantitative estimate of drug-likeness (QED) is 0.303. The maximum Gasteiger partial charge on any atom is 0.202 e. The van der Waals surface area contributed by atoms with Gasteiger partial charge in [-0.25, -0.2) is 4.72 Å². The van der Waals surface area contributed by atoms with Crippen LogP contribution in [0.15, 0.2) is 54.6 Å². The van der Waals surface area contributed by atoms with Gasteiger partial charge in [0.05, 0.1) is 31.0 Å². The van der Waals surface area contributed by atoms with E-state index in [0.717, 1.165) is 12.0 Å². The first kappa shape index (κ1) is 21.6. The first-order chi connectivity index (χ1) is 13.5. The second-order valence-corrected chi connectivity index (χ2v) is 11.2. The highest BCUT2D eigenvalue weighted by Crippen LogP contribution is 2.46. The normalized spacial score (nSPS) is 21.0. The maximum atomic E-state index is 12.5. The average molecular weight is 420 g/mol. The molecule has 0 aromatic heterocycles. The van der Waals surface area contributed by atoms with Crippen LogP contribution >= 0.6 is 19.6 Å². The van der Waals surface area contributed by atoms with E-state index in [0.29, 0.717) is 31.5 Å². The zero-order chi connectivity index (χ0) is 20.0. The van der Waals surface area contributed by atoms with Gasteiger partial charge in [-0.3, -0.25) is 8.75 Å². The monoisotopic (exact) mass is 419 g/mol. The minimum absolute atomic E-state index is 0.221. The van der Waals surface area contributed by atoms with Crippen LogP contribution in [0.3, 0.4) is 0 Å². The Morgan fingerprint density at radius 2 is 1.82 bits per heavy atom. The molecule has 1 aliphatic heterocycles. The van der Waals surface area contributed by atoms with E-state index in [1.165, 1.54) is 23.4 Å². The first-order valence-corrected chi connectivity index (χ1v) is 12.7. The van der Waals surface area contributed by atoms with Crippen molar-refractivity contribution in [3.8, 4) is 0 Å². The fourth-order valence-electron chi connectivity index (χ4n) is 3.57. The summed E-state index contributed by atoms with van der Waals surface area (Å²) in [6.07, 6.45) is 2.11. The summed E-state index contributed by atoms with van der Waals surface area (Å²) in [5.74, 6) is 0.402. The number of benzene rings is 2. The molecule has 4 nitrogen and oxygen atoms in total. The van der Waals surface area contributed by atoms with E-state index in [9.17, 15) is 4.57 Å². The van der Waals surface area contributed by atoms with Crippen molar-refractivity contribution in [2.45, 2.75) is 45.3 Å². The van der Waals surface area contributed by atoms with Crippen molar-refractivity contribution in [3.05, 3.63) is 71.3 Å². The fourth-order valence-corrected chi connectivity index (χ4v) is 5.51. The highest BCUT2D eigenvalue weighted by molar-refractivity contribution is 7.92. The summed E-state index contributed by atoms with van der Waals surface area (Å²) in [6.45, 7) is 7.14. The molecule has 1 heterocycles. The molecule has 0 amide bonds. The SMILES string of the molecule is CCP(=O)(CC)OCc1ccc(C2(CC(C)c3ccccc3)COSN2)cc1. The number of hydrogen-bond donors (Lipinski definition) is 1. The van der Waals surface area contributed by atoms with Gasteiger partial charge in [-0.1, -0.05) is 75.4 Å². The third kappa shape index (κ3) is 5.08. The first-order valence-electron chi connectivity index (χ1n) is 9.93. The smallest absolute Gasteiger partial charge is 0.202 e. The van der Waals surface area contributed by atoms with Gasteiger partial charge in [0.1, 0.15) is 0 Å². The van der Waals surface area contributed by atoms with Gasteiger partial charge >= 0.3 is 0 Å². The van der Waals surface area contributed by atoms with E-state index in [-0.39, 0.29) is 5.54 Å². The molecule has 0 aliphatic carbocycles. The molecule has 0 saturated carbocycles. The van der Waals surface area contributed by atoms with Crippen molar-refractivity contribution >= 4 is 19.6 Å². The van der Waals surface area contributed by atoms with Crippen molar-refractivity contribution in [2.24, 2.45) is 0 Å². The van der Waals surface area contributed by atoms with Crippen LogP contribution in [0, 0.1) is 0 Å². The fraction of sp³-hybridized carbons (Fsp3) is 0.455. The lowest BCUT2D eigenvalue weighted by Gasteiger charge is -2.31. The molecule has 1 saturated heterocycles. The van der Waals surface area contributed by atoms with Gasteiger partial charge in [0.25, 0.3) is 0 Å².